The van der Waals surface area contributed by atoms with Crippen LogP contribution in [0.3, 0.4) is 0 Å². The second-order valence-corrected chi connectivity index (χ2v) is 4.86. The van der Waals surface area contributed by atoms with E-state index in [1.54, 1.807) is 4.68 Å². The molecule has 0 amide bonds. The molecule has 2 N–H and O–H groups in total. The van der Waals surface area contributed by atoms with Gasteiger partial charge in [0.15, 0.2) is 0 Å². The first-order valence-corrected chi connectivity index (χ1v) is 6.98. The summed E-state index contributed by atoms with van der Waals surface area (Å²) in [6.07, 6.45) is 2.23. The zero-order valence-electron chi connectivity index (χ0n) is 11.7. The Labute approximate surface area is 122 Å². The Morgan fingerprint density at radius 2 is 2.33 bits per heavy atom. The van der Waals surface area contributed by atoms with E-state index in [0.29, 0.717) is 19.0 Å². The van der Waals surface area contributed by atoms with Crippen LogP contribution in [-0.4, -0.2) is 34.0 Å². The van der Waals surface area contributed by atoms with Gasteiger partial charge in [0.05, 0.1) is 18.8 Å². The lowest BCUT2D eigenvalue weighted by Gasteiger charge is -2.27. The average molecular weight is 287 g/mol. The summed E-state index contributed by atoms with van der Waals surface area (Å²) in [5.74, 6) is 0.415. The number of nitrogens with one attached hydrogen (secondary N) is 1. The summed E-state index contributed by atoms with van der Waals surface area (Å²) < 4.78 is 7.42. The third-order valence-electron chi connectivity index (χ3n) is 3.61. The van der Waals surface area contributed by atoms with Crippen LogP contribution >= 0.6 is 0 Å². The molecule has 0 bridgehead atoms. The molecule has 3 rings (SSSR count). The highest BCUT2D eigenvalue weighted by Gasteiger charge is 2.28. The predicted octanol–water partition coefficient (Wildman–Crippen LogP) is 2.38. The van der Waals surface area contributed by atoms with Crippen LogP contribution < -0.4 is 10.1 Å². The molecule has 1 aliphatic heterocycles. The van der Waals surface area contributed by atoms with Crippen molar-refractivity contribution in [3.63, 3.8) is 0 Å². The minimum absolute atomic E-state index is 0.0166. The molecule has 0 radical (unpaired) electrons. The maximum Gasteiger partial charge on any atom is 0.341 e. The van der Waals surface area contributed by atoms with Crippen molar-refractivity contribution in [1.82, 2.24) is 9.78 Å². The normalized spacial score (nSPS) is 16.9. The van der Waals surface area contributed by atoms with Crippen molar-refractivity contribution in [1.29, 1.82) is 0 Å². The summed E-state index contributed by atoms with van der Waals surface area (Å²) in [6, 6.07) is 7.82. The van der Waals surface area contributed by atoms with E-state index >= 15 is 0 Å². The molecule has 110 valence electrons. The Morgan fingerprint density at radius 3 is 3.10 bits per heavy atom. The fourth-order valence-electron chi connectivity index (χ4n) is 2.71. The third-order valence-corrected chi connectivity index (χ3v) is 3.61. The van der Waals surface area contributed by atoms with Crippen molar-refractivity contribution >= 4 is 11.8 Å². The van der Waals surface area contributed by atoms with Gasteiger partial charge in [-0.25, -0.2) is 9.48 Å². The Kier molecular flexibility index (Phi) is 3.51. The van der Waals surface area contributed by atoms with Gasteiger partial charge in [0.25, 0.3) is 0 Å². The van der Waals surface area contributed by atoms with Crippen LogP contribution in [0.25, 0.3) is 0 Å². The molecular weight excluding hydrogens is 270 g/mol. The van der Waals surface area contributed by atoms with Gasteiger partial charge in [-0.05, 0) is 19.4 Å². The number of nitrogens with zero attached hydrogens (tertiary/aromatic N) is 2. The molecule has 1 atom stereocenters. The Morgan fingerprint density at radius 1 is 1.52 bits per heavy atom. The van der Waals surface area contributed by atoms with Gasteiger partial charge in [0, 0.05) is 12.1 Å². The first kappa shape index (κ1) is 13.5. The summed E-state index contributed by atoms with van der Waals surface area (Å²) in [6.45, 7) is 3.24. The van der Waals surface area contributed by atoms with Crippen molar-refractivity contribution in [2.45, 2.75) is 19.4 Å². The van der Waals surface area contributed by atoms with E-state index in [9.17, 15) is 9.90 Å². The molecule has 1 unspecified atom stereocenters. The predicted molar refractivity (Wildman–Crippen MR) is 78.0 cm³/mol. The van der Waals surface area contributed by atoms with Gasteiger partial charge in [0.1, 0.15) is 17.1 Å². The highest BCUT2D eigenvalue weighted by molar-refractivity contribution is 5.93. The van der Waals surface area contributed by atoms with Crippen LogP contribution in [0.4, 0.5) is 5.82 Å². The van der Waals surface area contributed by atoms with Crippen LogP contribution in [-0.2, 0) is 0 Å². The summed E-state index contributed by atoms with van der Waals surface area (Å²) in [7, 11) is 0. The number of ether oxygens (including phenoxy) is 1. The van der Waals surface area contributed by atoms with Gasteiger partial charge in [-0.3, -0.25) is 0 Å². The molecule has 0 fully saturated rings. The molecule has 6 heteroatoms. The summed E-state index contributed by atoms with van der Waals surface area (Å²) in [5.41, 5.74) is 1.23. The Balaban J connectivity index is 2.05. The van der Waals surface area contributed by atoms with Crippen molar-refractivity contribution in [2.24, 2.45) is 0 Å². The standard InChI is InChI=1S/C15H17N3O3/c1-2-21-13-6-4-3-5-10(13)12-7-8-16-14-11(15(19)20)9-17-18(12)14/h3-6,9,12,16H,2,7-8H2,1H3,(H,19,20). The molecule has 1 aromatic carbocycles. The molecule has 0 spiro atoms. The smallest absolute Gasteiger partial charge is 0.341 e. The molecule has 0 saturated carbocycles. The van der Waals surface area contributed by atoms with Crippen molar-refractivity contribution < 1.29 is 14.6 Å². The van der Waals surface area contributed by atoms with Gasteiger partial charge in [-0.15, -0.1) is 0 Å². The van der Waals surface area contributed by atoms with E-state index in [2.05, 4.69) is 10.4 Å². The third kappa shape index (κ3) is 2.33. The summed E-state index contributed by atoms with van der Waals surface area (Å²) in [4.78, 5) is 11.2. The number of carboxylic acid groups (broad SMARTS) is 1. The van der Waals surface area contributed by atoms with Crippen LogP contribution in [0.5, 0.6) is 5.75 Å². The number of hydrogen-bond acceptors (Lipinski definition) is 4. The summed E-state index contributed by atoms with van der Waals surface area (Å²) in [5, 5.41) is 16.6. The Hall–Kier alpha value is -2.50. The lowest BCUT2D eigenvalue weighted by Crippen LogP contribution is -2.25. The minimum Gasteiger partial charge on any atom is -0.494 e. The molecule has 1 aliphatic rings. The maximum atomic E-state index is 11.2. The van der Waals surface area contributed by atoms with Gasteiger partial charge in [-0.2, -0.15) is 5.10 Å². The minimum atomic E-state index is -0.970. The zero-order valence-corrected chi connectivity index (χ0v) is 11.7. The lowest BCUT2D eigenvalue weighted by atomic mass is 10.0. The van der Waals surface area contributed by atoms with E-state index in [-0.39, 0.29) is 11.6 Å². The second kappa shape index (κ2) is 5.47. The molecule has 2 heterocycles. The lowest BCUT2D eigenvalue weighted by molar-refractivity contribution is 0.0697. The number of para-hydroxylation sites is 1. The van der Waals surface area contributed by atoms with Crippen molar-refractivity contribution in [3.8, 4) is 5.75 Å². The first-order chi connectivity index (χ1) is 10.2. The van der Waals surface area contributed by atoms with Crippen molar-refractivity contribution in [2.75, 3.05) is 18.5 Å². The topological polar surface area (TPSA) is 76.4 Å². The Bertz CT molecular complexity index is 666. The van der Waals surface area contributed by atoms with E-state index in [1.807, 2.05) is 31.2 Å². The van der Waals surface area contributed by atoms with Crippen LogP contribution in [0.1, 0.15) is 35.3 Å². The number of aromatic nitrogens is 2. The zero-order chi connectivity index (χ0) is 14.8. The van der Waals surface area contributed by atoms with Crippen LogP contribution in [0, 0.1) is 0 Å². The maximum absolute atomic E-state index is 11.2. The molecule has 0 aliphatic carbocycles. The van der Waals surface area contributed by atoms with E-state index in [4.69, 9.17) is 4.74 Å². The van der Waals surface area contributed by atoms with Gasteiger partial charge in [-0.1, -0.05) is 18.2 Å². The van der Waals surface area contributed by atoms with Crippen LogP contribution in [0.2, 0.25) is 0 Å². The molecule has 6 nitrogen and oxygen atoms in total. The number of hydrogen-bond donors (Lipinski definition) is 2. The average Bonchev–Trinajstić information content (AvgIpc) is 2.92. The molecule has 0 saturated heterocycles. The van der Waals surface area contributed by atoms with Crippen molar-refractivity contribution in [3.05, 3.63) is 41.6 Å². The SMILES string of the molecule is CCOc1ccccc1C1CCNc2c(C(=O)O)cnn21. The molecule has 2 aromatic rings. The summed E-state index contributed by atoms with van der Waals surface area (Å²) >= 11 is 0. The van der Waals surface area contributed by atoms with Gasteiger partial charge < -0.3 is 15.2 Å². The fourth-order valence-corrected chi connectivity index (χ4v) is 2.71. The highest BCUT2D eigenvalue weighted by atomic mass is 16.5. The van der Waals surface area contributed by atoms with E-state index < -0.39 is 5.97 Å². The quantitative estimate of drug-likeness (QED) is 0.903. The molecule has 21 heavy (non-hydrogen) atoms. The number of benzene rings is 1. The monoisotopic (exact) mass is 287 g/mol. The number of aromatic carboxylic acids is 1. The highest BCUT2D eigenvalue weighted by Crippen LogP contribution is 2.35. The van der Waals surface area contributed by atoms with Crippen LogP contribution in [0.15, 0.2) is 30.5 Å². The second-order valence-electron chi connectivity index (χ2n) is 4.86. The molecular formula is C15H17N3O3. The van der Waals surface area contributed by atoms with Gasteiger partial charge >= 0.3 is 5.97 Å². The fraction of sp³-hybridized carbons (Fsp3) is 0.333. The number of carboxylic acids is 1. The number of fused-ring (bicyclic) bond motifs is 1. The van der Waals surface area contributed by atoms with E-state index in [1.165, 1.54) is 6.20 Å². The number of anilines is 1. The largest absolute Gasteiger partial charge is 0.494 e. The number of carbonyl (C=O) groups is 1. The molecule has 1 aromatic heterocycles. The van der Waals surface area contributed by atoms with E-state index in [0.717, 1.165) is 17.7 Å². The first-order valence-electron chi connectivity index (χ1n) is 6.98. The number of rotatable bonds is 4. The van der Waals surface area contributed by atoms with Gasteiger partial charge in [0.2, 0.25) is 0 Å².